The van der Waals surface area contributed by atoms with Crippen LogP contribution >= 0.6 is 0 Å². The van der Waals surface area contributed by atoms with Crippen LogP contribution in [0.25, 0.3) is 0 Å². The number of halogens is 2. The van der Waals surface area contributed by atoms with E-state index in [-0.39, 0.29) is 24.4 Å². The SMILES string of the molecule is CC(CO)NC(c1ccccc1)c1ccc(OC(F)F)cc1. The first-order valence-electron chi connectivity index (χ1n) is 7.06. The fourth-order valence-corrected chi connectivity index (χ4v) is 2.21. The van der Waals surface area contributed by atoms with Gasteiger partial charge in [0.05, 0.1) is 12.6 Å². The summed E-state index contributed by atoms with van der Waals surface area (Å²) in [5, 5.41) is 12.6. The molecule has 3 nitrogen and oxygen atoms in total. The third kappa shape index (κ3) is 4.51. The number of benzene rings is 2. The van der Waals surface area contributed by atoms with Crippen molar-refractivity contribution < 1.29 is 18.6 Å². The lowest BCUT2D eigenvalue weighted by Gasteiger charge is -2.23. The van der Waals surface area contributed by atoms with Crippen molar-refractivity contribution in [3.63, 3.8) is 0 Å². The van der Waals surface area contributed by atoms with Crippen LogP contribution in [0.1, 0.15) is 24.1 Å². The summed E-state index contributed by atoms with van der Waals surface area (Å²) < 4.78 is 28.8. The Morgan fingerprint density at radius 3 is 2.14 bits per heavy atom. The summed E-state index contributed by atoms with van der Waals surface area (Å²) in [7, 11) is 0. The molecule has 0 spiro atoms. The van der Waals surface area contributed by atoms with Crippen molar-refractivity contribution >= 4 is 0 Å². The van der Waals surface area contributed by atoms with E-state index in [0.717, 1.165) is 11.1 Å². The van der Waals surface area contributed by atoms with Crippen molar-refractivity contribution in [3.05, 3.63) is 65.7 Å². The molecule has 2 N–H and O–H groups in total. The maximum Gasteiger partial charge on any atom is 0.387 e. The Kier molecular flexibility index (Phi) is 5.86. The molecular formula is C17H19F2NO2. The van der Waals surface area contributed by atoms with Crippen LogP contribution in [0.3, 0.4) is 0 Å². The van der Waals surface area contributed by atoms with Gasteiger partial charge in [0.25, 0.3) is 0 Å². The first-order valence-corrected chi connectivity index (χ1v) is 7.06. The summed E-state index contributed by atoms with van der Waals surface area (Å²) >= 11 is 0. The van der Waals surface area contributed by atoms with Crippen LogP contribution in [0.4, 0.5) is 8.78 Å². The van der Waals surface area contributed by atoms with Gasteiger partial charge < -0.3 is 15.2 Å². The van der Waals surface area contributed by atoms with Crippen LogP contribution in [0, 0.1) is 0 Å². The minimum atomic E-state index is -2.83. The molecular weight excluding hydrogens is 288 g/mol. The van der Waals surface area contributed by atoms with Crippen LogP contribution in [0.2, 0.25) is 0 Å². The first kappa shape index (κ1) is 16.4. The lowest BCUT2D eigenvalue weighted by molar-refractivity contribution is -0.0498. The highest BCUT2D eigenvalue weighted by molar-refractivity contribution is 5.35. The van der Waals surface area contributed by atoms with E-state index in [1.54, 1.807) is 12.1 Å². The van der Waals surface area contributed by atoms with Gasteiger partial charge in [-0.2, -0.15) is 8.78 Å². The summed E-state index contributed by atoms with van der Waals surface area (Å²) in [6, 6.07) is 16.0. The number of nitrogens with one attached hydrogen (secondary N) is 1. The van der Waals surface area contributed by atoms with Crippen molar-refractivity contribution in [2.45, 2.75) is 25.6 Å². The second-order valence-electron chi connectivity index (χ2n) is 5.04. The van der Waals surface area contributed by atoms with Crippen molar-refractivity contribution in [1.29, 1.82) is 0 Å². The summed E-state index contributed by atoms with van der Waals surface area (Å²) in [4.78, 5) is 0. The molecule has 0 aromatic heterocycles. The number of aliphatic hydroxyl groups is 1. The lowest BCUT2D eigenvalue weighted by atomic mass is 9.98. The first-order chi connectivity index (χ1) is 10.6. The van der Waals surface area contributed by atoms with E-state index >= 15 is 0 Å². The number of alkyl halides is 2. The number of ether oxygens (including phenoxy) is 1. The van der Waals surface area contributed by atoms with E-state index in [4.69, 9.17) is 0 Å². The van der Waals surface area contributed by atoms with Crippen LogP contribution in [0.5, 0.6) is 5.75 Å². The molecule has 0 saturated heterocycles. The fourth-order valence-electron chi connectivity index (χ4n) is 2.21. The second-order valence-corrected chi connectivity index (χ2v) is 5.04. The summed E-state index contributed by atoms with van der Waals surface area (Å²) in [5.41, 5.74) is 1.94. The molecule has 2 atom stereocenters. The molecule has 5 heteroatoms. The summed E-state index contributed by atoms with van der Waals surface area (Å²) in [6.07, 6.45) is 0. The van der Waals surface area contributed by atoms with Crippen molar-refractivity contribution in [1.82, 2.24) is 5.32 Å². The molecule has 0 bridgehead atoms. The highest BCUT2D eigenvalue weighted by Crippen LogP contribution is 2.25. The van der Waals surface area contributed by atoms with Crippen LogP contribution in [-0.4, -0.2) is 24.4 Å². The Bertz CT molecular complexity index is 561. The minimum absolute atomic E-state index is 0.00983. The molecule has 0 aliphatic heterocycles. The standard InChI is InChI=1S/C17H19F2NO2/c1-12(11-21)20-16(13-5-3-2-4-6-13)14-7-9-15(10-8-14)22-17(18)19/h2-10,12,16-17,20-21H,11H2,1H3. The number of hydrogen-bond acceptors (Lipinski definition) is 3. The number of hydrogen-bond donors (Lipinski definition) is 2. The van der Waals surface area contributed by atoms with Gasteiger partial charge in [-0.05, 0) is 30.2 Å². The Morgan fingerprint density at radius 1 is 1.00 bits per heavy atom. The van der Waals surface area contributed by atoms with Gasteiger partial charge in [-0.3, -0.25) is 0 Å². The van der Waals surface area contributed by atoms with Gasteiger partial charge in [-0.15, -0.1) is 0 Å². The number of aliphatic hydroxyl groups excluding tert-OH is 1. The normalized spacial score (nSPS) is 13.9. The van der Waals surface area contributed by atoms with E-state index in [2.05, 4.69) is 10.1 Å². The molecule has 0 heterocycles. The average molecular weight is 307 g/mol. The maximum absolute atomic E-state index is 12.2. The van der Waals surface area contributed by atoms with E-state index in [9.17, 15) is 13.9 Å². The molecule has 0 amide bonds. The third-order valence-electron chi connectivity index (χ3n) is 3.30. The molecule has 2 aromatic rings. The van der Waals surface area contributed by atoms with Gasteiger partial charge in [0.1, 0.15) is 5.75 Å². The van der Waals surface area contributed by atoms with E-state index < -0.39 is 6.61 Å². The molecule has 2 aromatic carbocycles. The van der Waals surface area contributed by atoms with Crippen molar-refractivity contribution in [2.75, 3.05) is 6.61 Å². The van der Waals surface area contributed by atoms with E-state index in [1.165, 1.54) is 12.1 Å². The molecule has 2 unspecified atom stereocenters. The quantitative estimate of drug-likeness (QED) is 0.824. The topological polar surface area (TPSA) is 41.5 Å². The predicted octanol–water partition coefficient (Wildman–Crippen LogP) is 3.35. The monoisotopic (exact) mass is 307 g/mol. The minimum Gasteiger partial charge on any atom is -0.435 e. The molecule has 0 aliphatic rings. The average Bonchev–Trinajstić information content (AvgIpc) is 2.53. The molecule has 2 rings (SSSR count). The molecule has 0 aliphatic carbocycles. The van der Waals surface area contributed by atoms with Gasteiger partial charge in [0.2, 0.25) is 0 Å². The second kappa shape index (κ2) is 7.87. The Labute approximate surface area is 128 Å². The molecule has 22 heavy (non-hydrogen) atoms. The van der Waals surface area contributed by atoms with Gasteiger partial charge in [0.15, 0.2) is 0 Å². The largest absolute Gasteiger partial charge is 0.435 e. The molecule has 0 radical (unpaired) electrons. The summed E-state index contributed by atoms with van der Waals surface area (Å²) in [5.74, 6) is 0.126. The van der Waals surface area contributed by atoms with Crippen molar-refractivity contribution in [3.8, 4) is 5.75 Å². The smallest absolute Gasteiger partial charge is 0.387 e. The highest BCUT2D eigenvalue weighted by atomic mass is 19.3. The van der Waals surface area contributed by atoms with Crippen LogP contribution < -0.4 is 10.1 Å². The highest BCUT2D eigenvalue weighted by Gasteiger charge is 2.16. The number of rotatable bonds is 7. The lowest BCUT2D eigenvalue weighted by Crippen LogP contribution is -2.33. The maximum atomic E-state index is 12.2. The molecule has 0 saturated carbocycles. The van der Waals surface area contributed by atoms with E-state index in [0.29, 0.717) is 0 Å². The van der Waals surface area contributed by atoms with Crippen LogP contribution in [-0.2, 0) is 0 Å². The Morgan fingerprint density at radius 2 is 1.59 bits per heavy atom. The zero-order chi connectivity index (χ0) is 15.9. The predicted molar refractivity (Wildman–Crippen MR) is 81.0 cm³/mol. The fraction of sp³-hybridized carbons (Fsp3) is 0.294. The molecule has 0 fully saturated rings. The Hall–Kier alpha value is -1.98. The van der Waals surface area contributed by atoms with E-state index in [1.807, 2.05) is 37.3 Å². The van der Waals surface area contributed by atoms with Gasteiger partial charge in [-0.1, -0.05) is 42.5 Å². The van der Waals surface area contributed by atoms with Gasteiger partial charge in [-0.25, -0.2) is 0 Å². The van der Waals surface area contributed by atoms with Gasteiger partial charge >= 0.3 is 6.61 Å². The molecule has 118 valence electrons. The third-order valence-corrected chi connectivity index (χ3v) is 3.30. The summed E-state index contributed by atoms with van der Waals surface area (Å²) in [6.45, 7) is -0.941. The zero-order valence-electron chi connectivity index (χ0n) is 12.2. The van der Waals surface area contributed by atoms with Crippen LogP contribution in [0.15, 0.2) is 54.6 Å². The Balaban J connectivity index is 2.24. The van der Waals surface area contributed by atoms with Gasteiger partial charge in [0, 0.05) is 6.04 Å². The van der Waals surface area contributed by atoms with Crippen molar-refractivity contribution in [2.24, 2.45) is 0 Å². The zero-order valence-corrected chi connectivity index (χ0v) is 12.2.